The fourth-order valence-corrected chi connectivity index (χ4v) is 3.07. The fourth-order valence-electron chi connectivity index (χ4n) is 3.07. The fraction of sp³-hybridized carbons (Fsp3) is 0.467. The standard InChI is InChI=1S/C15H19N3O2/c1-11-4-2-6-17(9-11)10-12-5-3-7-18-14(12)13(8-16-18)15(19)20/h3,5,7-8,11H,2,4,6,9-10H2,1H3,(H,19,20). The van der Waals surface area contributed by atoms with E-state index in [0.29, 0.717) is 5.92 Å². The van der Waals surface area contributed by atoms with Crippen molar-refractivity contribution in [1.29, 1.82) is 0 Å². The van der Waals surface area contributed by atoms with E-state index in [2.05, 4.69) is 16.9 Å². The molecule has 0 amide bonds. The van der Waals surface area contributed by atoms with Crippen LogP contribution in [0.2, 0.25) is 0 Å². The van der Waals surface area contributed by atoms with Crippen molar-refractivity contribution in [2.45, 2.75) is 26.3 Å². The second-order valence-corrected chi connectivity index (χ2v) is 5.67. The summed E-state index contributed by atoms with van der Waals surface area (Å²) in [6, 6.07) is 3.93. The van der Waals surface area contributed by atoms with Gasteiger partial charge in [-0.05, 0) is 36.9 Å². The minimum Gasteiger partial charge on any atom is -0.478 e. The summed E-state index contributed by atoms with van der Waals surface area (Å²) in [6.07, 6.45) is 5.73. The van der Waals surface area contributed by atoms with Gasteiger partial charge in [0.1, 0.15) is 5.56 Å². The Bertz CT molecular complexity index is 635. The van der Waals surface area contributed by atoms with Crippen LogP contribution in [0.3, 0.4) is 0 Å². The van der Waals surface area contributed by atoms with Gasteiger partial charge in [0.25, 0.3) is 0 Å². The molecule has 2 aromatic heterocycles. The molecule has 0 saturated carbocycles. The van der Waals surface area contributed by atoms with E-state index < -0.39 is 5.97 Å². The maximum absolute atomic E-state index is 11.3. The molecule has 5 nitrogen and oxygen atoms in total. The molecular weight excluding hydrogens is 254 g/mol. The van der Waals surface area contributed by atoms with Crippen LogP contribution in [0.4, 0.5) is 0 Å². The third kappa shape index (κ3) is 2.41. The van der Waals surface area contributed by atoms with E-state index in [1.807, 2.05) is 12.1 Å². The Morgan fingerprint density at radius 3 is 3.15 bits per heavy atom. The Morgan fingerprint density at radius 1 is 1.55 bits per heavy atom. The van der Waals surface area contributed by atoms with Crippen molar-refractivity contribution in [3.8, 4) is 0 Å². The third-order valence-corrected chi connectivity index (χ3v) is 3.99. The molecule has 1 saturated heterocycles. The highest BCUT2D eigenvalue weighted by Crippen LogP contribution is 2.21. The predicted molar refractivity (Wildman–Crippen MR) is 75.8 cm³/mol. The van der Waals surface area contributed by atoms with Crippen molar-refractivity contribution < 1.29 is 9.90 Å². The molecule has 1 atom stereocenters. The molecule has 1 N–H and O–H groups in total. The number of aromatic nitrogens is 2. The molecule has 0 aromatic carbocycles. The van der Waals surface area contributed by atoms with Crippen LogP contribution in [0, 0.1) is 5.92 Å². The van der Waals surface area contributed by atoms with Crippen LogP contribution in [-0.2, 0) is 6.54 Å². The maximum Gasteiger partial charge on any atom is 0.339 e. The Morgan fingerprint density at radius 2 is 2.40 bits per heavy atom. The Labute approximate surface area is 117 Å². The van der Waals surface area contributed by atoms with Gasteiger partial charge in [0, 0.05) is 19.3 Å². The molecule has 1 aliphatic heterocycles. The minimum absolute atomic E-state index is 0.283. The van der Waals surface area contributed by atoms with Crippen molar-refractivity contribution in [2.24, 2.45) is 5.92 Å². The number of pyridine rings is 1. The van der Waals surface area contributed by atoms with Gasteiger partial charge in [-0.1, -0.05) is 13.0 Å². The van der Waals surface area contributed by atoms with Crippen molar-refractivity contribution >= 4 is 11.5 Å². The molecule has 0 aliphatic carbocycles. The van der Waals surface area contributed by atoms with Crippen molar-refractivity contribution in [3.05, 3.63) is 35.7 Å². The quantitative estimate of drug-likeness (QED) is 0.932. The van der Waals surface area contributed by atoms with Crippen molar-refractivity contribution in [2.75, 3.05) is 13.1 Å². The number of rotatable bonds is 3. The molecule has 3 heterocycles. The molecule has 5 heteroatoms. The molecule has 106 valence electrons. The molecule has 0 bridgehead atoms. The minimum atomic E-state index is -0.917. The molecular formula is C15H19N3O2. The Hall–Kier alpha value is -1.88. The van der Waals surface area contributed by atoms with E-state index in [4.69, 9.17) is 0 Å². The van der Waals surface area contributed by atoms with Crippen LogP contribution in [0.1, 0.15) is 35.7 Å². The van der Waals surface area contributed by atoms with Gasteiger partial charge in [0.2, 0.25) is 0 Å². The van der Waals surface area contributed by atoms with Gasteiger partial charge >= 0.3 is 5.97 Å². The normalized spacial score (nSPS) is 20.4. The van der Waals surface area contributed by atoms with Gasteiger partial charge < -0.3 is 5.11 Å². The summed E-state index contributed by atoms with van der Waals surface area (Å²) in [6.45, 7) is 5.23. The molecule has 20 heavy (non-hydrogen) atoms. The lowest BCUT2D eigenvalue weighted by Crippen LogP contribution is -2.33. The highest BCUT2D eigenvalue weighted by molar-refractivity contribution is 5.96. The summed E-state index contributed by atoms with van der Waals surface area (Å²) in [5.41, 5.74) is 2.04. The van der Waals surface area contributed by atoms with Crippen LogP contribution in [0.15, 0.2) is 24.5 Å². The van der Waals surface area contributed by atoms with Crippen LogP contribution in [0.5, 0.6) is 0 Å². The number of carboxylic acids is 1. The Kier molecular flexibility index (Phi) is 3.44. The first-order valence-electron chi connectivity index (χ1n) is 7.06. The van der Waals surface area contributed by atoms with Gasteiger partial charge in [-0.25, -0.2) is 9.31 Å². The molecule has 1 unspecified atom stereocenters. The van der Waals surface area contributed by atoms with Gasteiger partial charge in [0.05, 0.1) is 11.7 Å². The first kappa shape index (κ1) is 13.1. The van der Waals surface area contributed by atoms with E-state index in [9.17, 15) is 9.90 Å². The van der Waals surface area contributed by atoms with Gasteiger partial charge in [-0.3, -0.25) is 4.90 Å². The highest BCUT2D eigenvalue weighted by atomic mass is 16.4. The van der Waals surface area contributed by atoms with Gasteiger partial charge in [-0.2, -0.15) is 5.10 Å². The van der Waals surface area contributed by atoms with Crippen molar-refractivity contribution in [1.82, 2.24) is 14.5 Å². The summed E-state index contributed by atoms with van der Waals surface area (Å²) >= 11 is 0. The first-order chi connectivity index (χ1) is 9.65. The predicted octanol–water partition coefficient (Wildman–Crippen LogP) is 2.26. The van der Waals surface area contributed by atoms with E-state index in [1.54, 1.807) is 10.7 Å². The third-order valence-electron chi connectivity index (χ3n) is 3.99. The number of fused-ring (bicyclic) bond motifs is 1. The number of carbonyl (C=O) groups is 1. The molecule has 1 aliphatic rings. The smallest absolute Gasteiger partial charge is 0.339 e. The molecule has 2 aromatic rings. The zero-order chi connectivity index (χ0) is 14.1. The van der Waals surface area contributed by atoms with E-state index in [0.717, 1.165) is 30.7 Å². The zero-order valence-electron chi connectivity index (χ0n) is 11.6. The van der Waals surface area contributed by atoms with Crippen LogP contribution in [0.25, 0.3) is 5.52 Å². The average Bonchev–Trinajstić information content (AvgIpc) is 2.84. The summed E-state index contributed by atoms with van der Waals surface area (Å²) in [5, 5.41) is 13.4. The summed E-state index contributed by atoms with van der Waals surface area (Å²) in [4.78, 5) is 13.7. The van der Waals surface area contributed by atoms with Crippen LogP contribution in [-0.4, -0.2) is 38.7 Å². The lowest BCUT2D eigenvalue weighted by Gasteiger charge is -2.31. The van der Waals surface area contributed by atoms with E-state index in [-0.39, 0.29) is 5.56 Å². The summed E-state index contributed by atoms with van der Waals surface area (Å²) < 4.78 is 1.66. The number of likely N-dealkylation sites (tertiary alicyclic amines) is 1. The SMILES string of the molecule is CC1CCCN(Cc2cccn3ncc(C(=O)O)c23)C1. The first-order valence-corrected chi connectivity index (χ1v) is 7.06. The summed E-state index contributed by atoms with van der Waals surface area (Å²) in [5.74, 6) is -0.202. The second-order valence-electron chi connectivity index (χ2n) is 5.67. The van der Waals surface area contributed by atoms with Gasteiger partial charge in [-0.15, -0.1) is 0 Å². The number of hydrogen-bond donors (Lipinski definition) is 1. The molecule has 0 radical (unpaired) electrons. The van der Waals surface area contributed by atoms with E-state index in [1.165, 1.54) is 19.0 Å². The number of nitrogens with zero attached hydrogens (tertiary/aromatic N) is 3. The lowest BCUT2D eigenvalue weighted by molar-refractivity contribution is 0.0699. The van der Waals surface area contributed by atoms with Gasteiger partial charge in [0.15, 0.2) is 0 Å². The lowest BCUT2D eigenvalue weighted by atomic mass is 9.99. The highest BCUT2D eigenvalue weighted by Gasteiger charge is 2.19. The number of piperidine rings is 1. The molecule has 1 fully saturated rings. The molecule has 0 spiro atoms. The van der Waals surface area contributed by atoms with E-state index >= 15 is 0 Å². The number of hydrogen-bond acceptors (Lipinski definition) is 3. The van der Waals surface area contributed by atoms with Crippen LogP contribution < -0.4 is 0 Å². The Balaban J connectivity index is 1.94. The largest absolute Gasteiger partial charge is 0.478 e. The van der Waals surface area contributed by atoms with Crippen molar-refractivity contribution in [3.63, 3.8) is 0 Å². The number of aromatic carboxylic acids is 1. The zero-order valence-corrected chi connectivity index (χ0v) is 11.6. The molecule has 3 rings (SSSR count). The monoisotopic (exact) mass is 273 g/mol. The topological polar surface area (TPSA) is 57.8 Å². The average molecular weight is 273 g/mol. The second kappa shape index (κ2) is 5.25. The van der Waals surface area contributed by atoms with Crippen LogP contribution >= 0.6 is 0 Å². The maximum atomic E-state index is 11.3. The number of carboxylic acid groups (broad SMARTS) is 1. The summed E-state index contributed by atoms with van der Waals surface area (Å²) in [7, 11) is 0.